The maximum atomic E-state index is 11.8. The molecule has 0 saturated carbocycles. The number of primary amides is 1. The summed E-state index contributed by atoms with van der Waals surface area (Å²) in [7, 11) is 0. The summed E-state index contributed by atoms with van der Waals surface area (Å²) >= 11 is 0. The monoisotopic (exact) mass is 266 g/mol. The third-order valence-electron chi connectivity index (χ3n) is 2.47. The van der Waals surface area contributed by atoms with Crippen LogP contribution in [0, 0.1) is 6.92 Å². The molecular formula is C12H14N2O5. The van der Waals surface area contributed by atoms with E-state index in [-0.39, 0.29) is 11.3 Å². The van der Waals surface area contributed by atoms with Crippen molar-refractivity contribution >= 4 is 17.8 Å². The minimum absolute atomic E-state index is 0.0310. The molecular weight excluding hydrogens is 252 g/mol. The van der Waals surface area contributed by atoms with Crippen LogP contribution in [0.25, 0.3) is 0 Å². The highest BCUT2D eigenvalue weighted by molar-refractivity contribution is 5.97. The molecule has 0 radical (unpaired) electrons. The number of carboxylic acid groups (broad SMARTS) is 1. The predicted octanol–water partition coefficient (Wildman–Crippen LogP) is -0.241. The number of carbonyl (C=O) groups excluding carboxylic acids is 2. The number of aromatic hydroxyl groups is 1. The van der Waals surface area contributed by atoms with E-state index in [0.29, 0.717) is 5.56 Å². The molecule has 0 aliphatic heterocycles. The summed E-state index contributed by atoms with van der Waals surface area (Å²) in [6.07, 6.45) is -0.488. The van der Waals surface area contributed by atoms with Crippen LogP contribution in [-0.2, 0) is 9.59 Å². The number of rotatable bonds is 5. The Labute approximate surface area is 109 Å². The van der Waals surface area contributed by atoms with Crippen molar-refractivity contribution < 1.29 is 24.6 Å². The van der Waals surface area contributed by atoms with Gasteiger partial charge in [0.1, 0.15) is 11.8 Å². The van der Waals surface area contributed by atoms with E-state index < -0.39 is 30.2 Å². The van der Waals surface area contributed by atoms with Crippen molar-refractivity contribution in [3.8, 4) is 5.75 Å². The van der Waals surface area contributed by atoms with Gasteiger partial charge >= 0.3 is 5.97 Å². The highest BCUT2D eigenvalue weighted by atomic mass is 16.4. The molecule has 0 heterocycles. The molecule has 0 spiro atoms. The van der Waals surface area contributed by atoms with Crippen LogP contribution in [0.2, 0.25) is 0 Å². The second-order valence-electron chi connectivity index (χ2n) is 4.04. The van der Waals surface area contributed by atoms with E-state index in [1.54, 1.807) is 6.92 Å². The smallest absolute Gasteiger partial charge is 0.326 e. The lowest BCUT2D eigenvalue weighted by Crippen LogP contribution is -2.43. The Morgan fingerprint density at radius 2 is 2.00 bits per heavy atom. The Kier molecular flexibility index (Phi) is 4.46. The largest absolute Gasteiger partial charge is 0.508 e. The summed E-state index contributed by atoms with van der Waals surface area (Å²) in [6.45, 7) is 1.60. The number of aliphatic carboxylic acids is 1. The Balaban J connectivity index is 2.84. The number of aryl methyl sites for hydroxylation is 1. The maximum absolute atomic E-state index is 11.8. The van der Waals surface area contributed by atoms with Crippen molar-refractivity contribution in [1.82, 2.24) is 5.32 Å². The van der Waals surface area contributed by atoms with E-state index in [2.05, 4.69) is 5.32 Å². The molecule has 0 bridgehead atoms. The van der Waals surface area contributed by atoms with E-state index in [1.165, 1.54) is 18.2 Å². The lowest BCUT2D eigenvalue weighted by molar-refractivity contribution is -0.140. The van der Waals surface area contributed by atoms with Crippen LogP contribution in [0.15, 0.2) is 18.2 Å². The Morgan fingerprint density at radius 3 is 2.47 bits per heavy atom. The van der Waals surface area contributed by atoms with E-state index in [9.17, 15) is 19.5 Å². The number of phenols is 1. The molecule has 0 aliphatic rings. The van der Waals surface area contributed by atoms with Gasteiger partial charge in [0, 0.05) is 5.56 Å². The first-order chi connectivity index (χ1) is 8.81. The van der Waals surface area contributed by atoms with E-state index in [1.807, 2.05) is 0 Å². The molecule has 7 nitrogen and oxygen atoms in total. The third kappa shape index (κ3) is 3.98. The molecule has 5 N–H and O–H groups in total. The van der Waals surface area contributed by atoms with Crippen LogP contribution in [-0.4, -0.2) is 34.0 Å². The van der Waals surface area contributed by atoms with Crippen molar-refractivity contribution in [2.24, 2.45) is 5.73 Å². The van der Waals surface area contributed by atoms with Crippen molar-refractivity contribution in [3.63, 3.8) is 0 Å². The number of phenolic OH excluding ortho intramolecular Hbond substituents is 1. The highest BCUT2D eigenvalue weighted by Gasteiger charge is 2.22. The lowest BCUT2D eigenvalue weighted by atomic mass is 10.1. The van der Waals surface area contributed by atoms with Gasteiger partial charge in [0.05, 0.1) is 6.42 Å². The van der Waals surface area contributed by atoms with Gasteiger partial charge in [-0.05, 0) is 30.7 Å². The minimum atomic E-state index is -1.38. The van der Waals surface area contributed by atoms with Gasteiger partial charge in [-0.2, -0.15) is 0 Å². The number of hydrogen-bond donors (Lipinski definition) is 4. The van der Waals surface area contributed by atoms with Gasteiger partial charge in [0.2, 0.25) is 5.91 Å². The van der Waals surface area contributed by atoms with Gasteiger partial charge in [-0.15, -0.1) is 0 Å². The first-order valence-corrected chi connectivity index (χ1v) is 5.43. The van der Waals surface area contributed by atoms with E-state index >= 15 is 0 Å². The molecule has 0 saturated heterocycles. The maximum Gasteiger partial charge on any atom is 0.326 e. The van der Waals surface area contributed by atoms with Gasteiger partial charge in [-0.1, -0.05) is 0 Å². The highest BCUT2D eigenvalue weighted by Crippen LogP contribution is 2.16. The normalized spacial score (nSPS) is 11.6. The van der Waals surface area contributed by atoms with Crippen LogP contribution < -0.4 is 11.1 Å². The second-order valence-corrected chi connectivity index (χ2v) is 4.04. The summed E-state index contributed by atoms with van der Waals surface area (Å²) in [5.74, 6) is -2.79. The fourth-order valence-corrected chi connectivity index (χ4v) is 1.44. The topological polar surface area (TPSA) is 130 Å². The predicted molar refractivity (Wildman–Crippen MR) is 65.5 cm³/mol. The number of carbonyl (C=O) groups is 3. The van der Waals surface area contributed by atoms with Crippen LogP contribution in [0.4, 0.5) is 0 Å². The molecule has 0 unspecified atom stereocenters. The van der Waals surface area contributed by atoms with Crippen LogP contribution in [0.3, 0.4) is 0 Å². The van der Waals surface area contributed by atoms with Gasteiger partial charge < -0.3 is 21.3 Å². The number of nitrogens with two attached hydrogens (primary N) is 1. The summed E-state index contributed by atoms with van der Waals surface area (Å²) < 4.78 is 0. The molecule has 7 heteroatoms. The fraction of sp³-hybridized carbons (Fsp3) is 0.250. The first kappa shape index (κ1) is 14.5. The Bertz CT molecular complexity index is 527. The van der Waals surface area contributed by atoms with Crippen molar-refractivity contribution in [1.29, 1.82) is 0 Å². The molecule has 19 heavy (non-hydrogen) atoms. The minimum Gasteiger partial charge on any atom is -0.508 e. The molecule has 1 rings (SSSR count). The molecule has 1 aromatic carbocycles. The molecule has 1 aromatic rings. The number of nitrogens with one attached hydrogen (secondary N) is 1. The zero-order valence-electron chi connectivity index (χ0n) is 10.2. The van der Waals surface area contributed by atoms with Crippen LogP contribution >= 0.6 is 0 Å². The summed E-state index contributed by atoms with van der Waals surface area (Å²) in [5.41, 5.74) is 5.57. The second kappa shape index (κ2) is 5.85. The standard InChI is InChI=1S/C12H14N2O5/c1-6-4-7(2-3-9(6)15)11(17)14-8(12(18)19)5-10(13)16/h2-4,8,15H,5H2,1H3,(H2,13,16)(H,14,17)(H,18,19)/t8-/m1/s1. The van der Waals surface area contributed by atoms with Crippen LogP contribution in [0.5, 0.6) is 5.75 Å². The zero-order valence-corrected chi connectivity index (χ0v) is 10.2. The SMILES string of the molecule is Cc1cc(C(=O)N[C@H](CC(N)=O)C(=O)O)ccc1O. The summed E-state index contributed by atoms with van der Waals surface area (Å²) in [6, 6.07) is 2.71. The Morgan fingerprint density at radius 1 is 1.37 bits per heavy atom. The first-order valence-electron chi connectivity index (χ1n) is 5.43. The number of amides is 2. The average Bonchev–Trinajstić information content (AvgIpc) is 2.31. The molecule has 1 atom stereocenters. The third-order valence-corrected chi connectivity index (χ3v) is 2.47. The summed E-state index contributed by atoms with van der Waals surface area (Å²) in [4.78, 5) is 33.4. The average molecular weight is 266 g/mol. The summed E-state index contributed by atoms with van der Waals surface area (Å²) in [5, 5.41) is 20.4. The van der Waals surface area contributed by atoms with E-state index in [0.717, 1.165) is 0 Å². The van der Waals surface area contributed by atoms with Crippen LogP contribution in [0.1, 0.15) is 22.3 Å². The zero-order chi connectivity index (χ0) is 14.6. The lowest BCUT2D eigenvalue weighted by Gasteiger charge is -2.13. The number of hydrogen-bond acceptors (Lipinski definition) is 4. The van der Waals surface area contributed by atoms with Gasteiger partial charge in [-0.25, -0.2) is 4.79 Å². The van der Waals surface area contributed by atoms with Crippen molar-refractivity contribution in [3.05, 3.63) is 29.3 Å². The molecule has 2 amide bonds. The molecule has 0 aliphatic carbocycles. The van der Waals surface area contributed by atoms with Gasteiger partial charge in [0.15, 0.2) is 0 Å². The molecule has 102 valence electrons. The molecule has 0 aromatic heterocycles. The molecule has 0 fully saturated rings. The van der Waals surface area contributed by atoms with E-state index in [4.69, 9.17) is 10.8 Å². The van der Waals surface area contributed by atoms with Crippen molar-refractivity contribution in [2.45, 2.75) is 19.4 Å². The van der Waals surface area contributed by atoms with Crippen molar-refractivity contribution in [2.75, 3.05) is 0 Å². The number of benzene rings is 1. The fourth-order valence-electron chi connectivity index (χ4n) is 1.44. The quantitative estimate of drug-likeness (QED) is 0.584. The number of carboxylic acids is 1. The van der Waals surface area contributed by atoms with Gasteiger partial charge in [0.25, 0.3) is 5.91 Å². The Hall–Kier alpha value is -2.57. The van der Waals surface area contributed by atoms with Gasteiger partial charge in [-0.3, -0.25) is 9.59 Å².